The van der Waals surface area contributed by atoms with Crippen molar-refractivity contribution in [2.24, 2.45) is 0 Å². The van der Waals surface area contributed by atoms with E-state index in [1.54, 1.807) is 0 Å². The van der Waals surface area contributed by atoms with E-state index in [1.165, 1.54) is 45.2 Å². The predicted molar refractivity (Wildman–Crippen MR) is 104 cm³/mol. The predicted octanol–water partition coefficient (Wildman–Crippen LogP) is -1.64. The smallest absolute Gasteiger partial charge is 0.343 e. The number of aliphatic hydroxyl groups is 4. The van der Waals surface area contributed by atoms with Crippen LogP contribution in [0.4, 0.5) is 0 Å². The van der Waals surface area contributed by atoms with Crippen molar-refractivity contribution in [1.29, 1.82) is 0 Å². The average Bonchev–Trinajstić information content (AvgIpc) is 2.55. The molecule has 0 aromatic heterocycles. The van der Waals surface area contributed by atoms with Crippen molar-refractivity contribution in [3.05, 3.63) is 7.16 Å². The Morgan fingerprint density at radius 1 is 0.625 bits per heavy atom. The molecule has 0 atom stereocenters. The molecule has 0 bridgehead atoms. The van der Waals surface area contributed by atoms with Crippen LogP contribution in [0.1, 0.15) is 0 Å². The van der Waals surface area contributed by atoms with Gasteiger partial charge in [-0.05, 0) is 45.2 Å². The number of hydrogen-bond acceptors (Lipinski definition) is 8. The number of hydrogen-bond donors (Lipinski definition) is 8. The van der Waals surface area contributed by atoms with Gasteiger partial charge in [0, 0.05) is 26.2 Å². The zero-order valence-corrected chi connectivity index (χ0v) is 17.2. The second-order valence-corrected chi connectivity index (χ2v) is 5.79. The van der Waals surface area contributed by atoms with Gasteiger partial charge in [0.25, 0.3) is 0 Å². The van der Waals surface area contributed by atoms with Crippen molar-refractivity contribution in [3.63, 3.8) is 0 Å². The molecule has 0 aromatic rings. The molecule has 0 aliphatic carbocycles. The van der Waals surface area contributed by atoms with Crippen molar-refractivity contribution in [3.8, 4) is 0 Å². The first-order valence-electron chi connectivity index (χ1n) is 6.66. The minimum absolute atomic E-state index is 0.139. The molecular formula is C12H24I2N2O8. The summed E-state index contributed by atoms with van der Waals surface area (Å²) < 4.78 is -0.351. The summed E-state index contributed by atoms with van der Waals surface area (Å²) in [6.45, 7) is 2.84. The van der Waals surface area contributed by atoms with Gasteiger partial charge in [0.2, 0.25) is 0 Å². The highest BCUT2D eigenvalue weighted by Gasteiger charge is 2.13. The molecule has 0 aliphatic heterocycles. The minimum atomic E-state index is -1.22. The van der Waals surface area contributed by atoms with Gasteiger partial charge in [-0.3, -0.25) is 0 Å². The fourth-order valence-corrected chi connectivity index (χ4v) is 1.22. The van der Waals surface area contributed by atoms with Crippen molar-refractivity contribution >= 4 is 57.1 Å². The summed E-state index contributed by atoms with van der Waals surface area (Å²) in [6, 6.07) is 0. The first-order valence-corrected chi connectivity index (χ1v) is 8.82. The molecule has 0 spiro atoms. The highest BCUT2D eigenvalue weighted by molar-refractivity contribution is 14.1. The molecule has 0 saturated heterocycles. The summed E-state index contributed by atoms with van der Waals surface area (Å²) in [6.07, 6.45) is 0. The number of aliphatic hydroxyl groups excluding tert-OH is 4. The molecule has 10 nitrogen and oxygen atoms in total. The number of carboxylic acid groups (broad SMARTS) is 2. The Balaban J connectivity index is -0.000000283. The van der Waals surface area contributed by atoms with E-state index in [0.717, 1.165) is 0 Å². The third kappa shape index (κ3) is 24.2. The molecule has 0 saturated carbocycles. The molecule has 0 aromatic carbocycles. The summed E-state index contributed by atoms with van der Waals surface area (Å²) >= 11 is 2.93. The van der Waals surface area contributed by atoms with Gasteiger partial charge >= 0.3 is 11.9 Å². The lowest BCUT2D eigenvalue weighted by molar-refractivity contribution is -0.134. The molecule has 8 N–H and O–H groups in total. The number of carbonyl (C=O) groups is 2. The summed E-state index contributed by atoms with van der Waals surface area (Å²) in [4.78, 5) is 20.2. The molecule has 12 heteroatoms. The van der Waals surface area contributed by atoms with Crippen molar-refractivity contribution in [2.45, 2.75) is 0 Å². The zero-order chi connectivity index (χ0) is 19.4. The standard InChI is InChI=1S/C4H2I2O4.2C4H11NO2/c5-1(3(7)8)2(6)4(9)10;2*6-3-1-5-2-4-7/h(H,7,8)(H,9,10);2*5-7H,1-4H2. The van der Waals surface area contributed by atoms with Gasteiger partial charge in [0.1, 0.15) is 7.16 Å². The maximum Gasteiger partial charge on any atom is 0.343 e. The van der Waals surface area contributed by atoms with Crippen LogP contribution in [0, 0.1) is 0 Å². The van der Waals surface area contributed by atoms with Crippen LogP contribution < -0.4 is 10.6 Å². The van der Waals surface area contributed by atoms with Crippen molar-refractivity contribution < 1.29 is 40.2 Å². The second-order valence-electron chi connectivity index (χ2n) is 3.63. The van der Waals surface area contributed by atoms with Crippen LogP contribution in [0.15, 0.2) is 7.16 Å². The first kappa shape index (κ1) is 28.7. The largest absolute Gasteiger partial charge is 0.477 e. The van der Waals surface area contributed by atoms with E-state index in [9.17, 15) is 9.59 Å². The molecule has 0 heterocycles. The van der Waals surface area contributed by atoms with Gasteiger partial charge in [0.05, 0.1) is 26.4 Å². The summed E-state index contributed by atoms with van der Waals surface area (Å²) in [5.41, 5.74) is 0. The number of halogens is 2. The van der Waals surface area contributed by atoms with Gasteiger partial charge in [0.15, 0.2) is 0 Å². The van der Waals surface area contributed by atoms with Gasteiger partial charge in [-0.25, -0.2) is 9.59 Å². The Bertz CT molecular complexity index is 316. The molecule has 0 unspecified atom stereocenters. The lowest BCUT2D eigenvalue weighted by Crippen LogP contribution is -2.21. The highest BCUT2D eigenvalue weighted by atomic mass is 127. The Labute approximate surface area is 167 Å². The third-order valence-electron chi connectivity index (χ3n) is 1.72. The molecule has 144 valence electrons. The molecular weight excluding hydrogens is 554 g/mol. The molecule has 0 aliphatic rings. The molecule has 0 amide bonds. The topological polar surface area (TPSA) is 180 Å². The van der Waals surface area contributed by atoms with Gasteiger partial charge in [-0.15, -0.1) is 0 Å². The lowest BCUT2D eigenvalue weighted by Gasteiger charge is -1.94. The van der Waals surface area contributed by atoms with Gasteiger partial charge in [-0.1, -0.05) is 0 Å². The fraction of sp³-hybridized carbons (Fsp3) is 0.667. The Kier molecular flexibility index (Phi) is 27.4. The van der Waals surface area contributed by atoms with Crippen LogP contribution in [-0.2, 0) is 9.59 Å². The quantitative estimate of drug-likeness (QED) is 0.0852. The monoisotopic (exact) mass is 578 g/mol. The maximum absolute atomic E-state index is 10.1. The summed E-state index contributed by atoms with van der Waals surface area (Å²) in [7, 11) is 0. The summed E-state index contributed by atoms with van der Waals surface area (Å²) in [5.74, 6) is -2.43. The van der Waals surface area contributed by atoms with Crippen LogP contribution >= 0.6 is 45.2 Å². The highest BCUT2D eigenvalue weighted by Crippen LogP contribution is 2.18. The van der Waals surface area contributed by atoms with Crippen LogP contribution in [0.2, 0.25) is 0 Å². The number of aliphatic carboxylic acids is 2. The van der Waals surface area contributed by atoms with E-state index in [1.807, 2.05) is 0 Å². The van der Waals surface area contributed by atoms with Crippen LogP contribution in [0.5, 0.6) is 0 Å². The zero-order valence-electron chi connectivity index (χ0n) is 12.9. The maximum atomic E-state index is 10.1. The SMILES string of the molecule is O=C(O)C(I)=C(I)C(=O)O.OCCNCCO.OCCNCCO. The molecule has 24 heavy (non-hydrogen) atoms. The lowest BCUT2D eigenvalue weighted by atomic mass is 10.5. The van der Waals surface area contributed by atoms with E-state index in [0.29, 0.717) is 26.2 Å². The summed E-state index contributed by atoms with van der Waals surface area (Å²) in [5, 5.41) is 54.7. The average molecular weight is 578 g/mol. The third-order valence-corrected chi connectivity index (χ3v) is 4.76. The van der Waals surface area contributed by atoms with Crippen LogP contribution in [0.3, 0.4) is 0 Å². The first-order chi connectivity index (χ1) is 11.3. The molecule has 0 radical (unpaired) electrons. The van der Waals surface area contributed by atoms with E-state index in [4.69, 9.17) is 30.6 Å². The normalized spacial score (nSPS) is 10.6. The van der Waals surface area contributed by atoms with E-state index in [2.05, 4.69) is 10.6 Å². The Hall–Kier alpha value is -0.100. The van der Waals surface area contributed by atoms with Crippen LogP contribution in [-0.4, -0.2) is 95.2 Å². The number of nitrogens with one attached hydrogen (secondary N) is 2. The van der Waals surface area contributed by atoms with E-state index < -0.39 is 11.9 Å². The number of rotatable bonds is 10. The van der Waals surface area contributed by atoms with Crippen LogP contribution in [0.25, 0.3) is 0 Å². The Morgan fingerprint density at radius 3 is 0.958 bits per heavy atom. The second kappa shape index (κ2) is 22.9. The van der Waals surface area contributed by atoms with E-state index >= 15 is 0 Å². The number of carboxylic acids is 2. The van der Waals surface area contributed by atoms with Gasteiger partial charge in [-0.2, -0.15) is 0 Å². The fourth-order valence-electron chi connectivity index (χ4n) is 0.754. The minimum Gasteiger partial charge on any atom is -0.477 e. The molecule has 0 fully saturated rings. The van der Waals surface area contributed by atoms with Crippen molar-refractivity contribution in [1.82, 2.24) is 10.6 Å². The van der Waals surface area contributed by atoms with E-state index in [-0.39, 0.29) is 33.6 Å². The van der Waals surface area contributed by atoms with Crippen molar-refractivity contribution in [2.75, 3.05) is 52.6 Å². The molecule has 0 rings (SSSR count). The van der Waals surface area contributed by atoms with Gasteiger partial charge < -0.3 is 41.3 Å². The Morgan fingerprint density at radius 2 is 0.833 bits per heavy atom.